The summed E-state index contributed by atoms with van der Waals surface area (Å²) in [6.45, 7) is 5.08. The van der Waals surface area contributed by atoms with Crippen molar-refractivity contribution in [3.63, 3.8) is 0 Å². The van der Waals surface area contributed by atoms with Gasteiger partial charge >= 0.3 is 0 Å². The fraction of sp³-hybridized carbons (Fsp3) is 0.346. The molecule has 1 aromatic heterocycles. The highest BCUT2D eigenvalue weighted by atomic mass is 19.1. The summed E-state index contributed by atoms with van der Waals surface area (Å²) < 4.78 is 26.2. The number of nitrogens with one attached hydrogen (secondary N) is 2. The number of carbonyl (C=O) groups is 1. The lowest BCUT2D eigenvalue weighted by atomic mass is 10.2. The number of halogens is 1. The van der Waals surface area contributed by atoms with Gasteiger partial charge in [0.1, 0.15) is 36.4 Å². The highest BCUT2D eigenvalue weighted by Crippen LogP contribution is 2.27. The number of methoxy groups -OCH3 is 1. The van der Waals surface area contributed by atoms with E-state index in [0.717, 1.165) is 17.4 Å². The molecule has 0 saturated carbocycles. The number of hydrogen-bond acceptors (Lipinski definition) is 8. The Morgan fingerprint density at radius 1 is 1.26 bits per heavy atom. The zero-order chi connectivity index (χ0) is 27.5. The number of aliphatic imine (C=N–C) groups is 1. The van der Waals surface area contributed by atoms with Crippen molar-refractivity contribution in [2.45, 2.75) is 26.3 Å². The van der Waals surface area contributed by atoms with Crippen LogP contribution in [-0.2, 0) is 16.1 Å². The van der Waals surface area contributed by atoms with Crippen molar-refractivity contribution >= 4 is 29.3 Å². The van der Waals surface area contributed by atoms with E-state index in [1.54, 1.807) is 37.4 Å². The van der Waals surface area contributed by atoms with Gasteiger partial charge in [-0.15, -0.1) is 5.10 Å². The van der Waals surface area contributed by atoms with Gasteiger partial charge in [0.2, 0.25) is 5.91 Å². The third-order valence-corrected chi connectivity index (χ3v) is 5.26. The fourth-order valence-electron chi connectivity index (χ4n) is 3.20. The van der Waals surface area contributed by atoms with Crippen LogP contribution in [0.25, 0.3) is 0 Å². The Morgan fingerprint density at radius 3 is 2.66 bits per heavy atom. The fourth-order valence-corrected chi connectivity index (χ4v) is 3.20. The topological polar surface area (TPSA) is 130 Å². The van der Waals surface area contributed by atoms with Gasteiger partial charge in [0.05, 0.1) is 31.0 Å². The van der Waals surface area contributed by atoms with Gasteiger partial charge in [-0.05, 0) is 30.2 Å². The number of carbonyl (C=O) groups excluding carboxylic acids is 1. The van der Waals surface area contributed by atoms with Crippen molar-refractivity contribution in [1.29, 1.82) is 5.26 Å². The van der Waals surface area contributed by atoms with Crippen LogP contribution in [0.1, 0.15) is 31.0 Å². The highest BCUT2D eigenvalue weighted by molar-refractivity contribution is 5.90. The number of anilines is 2. The van der Waals surface area contributed by atoms with Gasteiger partial charge in [-0.3, -0.25) is 4.79 Å². The van der Waals surface area contributed by atoms with Gasteiger partial charge in [-0.1, -0.05) is 19.1 Å². The lowest BCUT2D eigenvalue weighted by Gasteiger charge is -2.16. The van der Waals surface area contributed by atoms with Crippen molar-refractivity contribution in [3.8, 4) is 11.8 Å². The molecule has 11 nitrogen and oxygen atoms in total. The minimum Gasteiger partial charge on any atom is -0.491 e. The van der Waals surface area contributed by atoms with E-state index in [0.29, 0.717) is 19.0 Å². The summed E-state index contributed by atoms with van der Waals surface area (Å²) in [6, 6.07) is 11.7. The molecule has 3 rings (SSSR count). The molecule has 0 saturated heterocycles. The molecule has 2 N–H and O–H groups in total. The lowest BCUT2D eigenvalue weighted by molar-refractivity contribution is -0.116. The average Bonchev–Trinajstić information content (AvgIpc) is 3.36. The second kappa shape index (κ2) is 13.7. The molecule has 12 heteroatoms. The molecule has 0 atom stereocenters. The Hall–Kier alpha value is -4.50. The Labute approximate surface area is 220 Å². The predicted octanol–water partition coefficient (Wildman–Crippen LogP) is 3.74. The SMILES string of the molecule is COCCOc1cc(F)c(C#N)c(/N=C/N(C)CNc2ccc(NC(=O)Cn3cc(C(C)C)nn3)cc2)c1. The maximum absolute atomic E-state index is 14.3. The lowest BCUT2D eigenvalue weighted by Crippen LogP contribution is -2.23. The summed E-state index contributed by atoms with van der Waals surface area (Å²) in [5.41, 5.74) is 2.31. The zero-order valence-electron chi connectivity index (χ0n) is 21.8. The molecule has 0 aliphatic rings. The van der Waals surface area contributed by atoms with E-state index in [4.69, 9.17) is 9.47 Å². The van der Waals surface area contributed by atoms with E-state index < -0.39 is 5.82 Å². The molecule has 3 aromatic rings. The van der Waals surface area contributed by atoms with Crippen LogP contribution in [0.15, 0.2) is 47.6 Å². The molecule has 0 radical (unpaired) electrons. The molecular weight excluding hydrogens is 491 g/mol. The molecule has 0 fully saturated rings. The highest BCUT2D eigenvalue weighted by Gasteiger charge is 2.12. The molecule has 2 aromatic carbocycles. The number of hydrogen-bond donors (Lipinski definition) is 2. The van der Waals surface area contributed by atoms with Crippen molar-refractivity contribution in [2.75, 3.05) is 44.7 Å². The van der Waals surface area contributed by atoms with Gasteiger partial charge in [0.25, 0.3) is 0 Å². The van der Waals surface area contributed by atoms with Crippen LogP contribution in [0, 0.1) is 17.1 Å². The molecule has 0 spiro atoms. The van der Waals surface area contributed by atoms with E-state index in [2.05, 4.69) is 25.9 Å². The van der Waals surface area contributed by atoms with Gasteiger partial charge in [-0.2, -0.15) is 5.26 Å². The molecule has 0 bridgehead atoms. The first-order valence-corrected chi connectivity index (χ1v) is 11.9. The number of benzene rings is 2. The summed E-state index contributed by atoms with van der Waals surface area (Å²) in [6.07, 6.45) is 3.26. The smallest absolute Gasteiger partial charge is 0.246 e. The molecule has 0 unspecified atom stereocenters. The molecule has 1 heterocycles. The van der Waals surface area contributed by atoms with Gasteiger partial charge in [-0.25, -0.2) is 14.1 Å². The maximum Gasteiger partial charge on any atom is 0.246 e. The first kappa shape index (κ1) is 28.1. The Kier molecular flexibility index (Phi) is 10.1. The zero-order valence-corrected chi connectivity index (χ0v) is 21.8. The molecule has 200 valence electrons. The van der Waals surface area contributed by atoms with Crippen LogP contribution < -0.4 is 15.4 Å². The summed E-state index contributed by atoms with van der Waals surface area (Å²) in [5.74, 6) is -0.403. The van der Waals surface area contributed by atoms with Crippen molar-refractivity contribution in [3.05, 3.63) is 59.7 Å². The van der Waals surface area contributed by atoms with E-state index in [9.17, 15) is 14.4 Å². The second-order valence-electron chi connectivity index (χ2n) is 8.71. The minimum absolute atomic E-state index is 0.0729. The molecule has 38 heavy (non-hydrogen) atoms. The number of ether oxygens (including phenoxy) is 2. The van der Waals surface area contributed by atoms with Gasteiger partial charge in [0, 0.05) is 43.9 Å². The van der Waals surface area contributed by atoms with E-state index in [1.807, 2.05) is 32.0 Å². The number of nitriles is 1. The van der Waals surface area contributed by atoms with E-state index in [1.165, 1.54) is 17.1 Å². The van der Waals surface area contributed by atoms with E-state index >= 15 is 0 Å². The molecule has 1 amide bonds. The first-order valence-electron chi connectivity index (χ1n) is 11.9. The predicted molar refractivity (Wildman–Crippen MR) is 142 cm³/mol. The monoisotopic (exact) mass is 522 g/mol. The van der Waals surface area contributed by atoms with E-state index in [-0.39, 0.29) is 42.0 Å². The minimum atomic E-state index is -0.705. The quantitative estimate of drug-likeness (QED) is 0.150. The maximum atomic E-state index is 14.3. The number of aromatic nitrogens is 3. The van der Waals surface area contributed by atoms with Crippen LogP contribution in [-0.4, -0.2) is 66.2 Å². The van der Waals surface area contributed by atoms with Crippen molar-refractivity contribution < 1.29 is 18.7 Å². The first-order chi connectivity index (χ1) is 18.3. The van der Waals surface area contributed by atoms with Crippen LogP contribution in [0.5, 0.6) is 5.75 Å². The largest absolute Gasteiger partial charge is 0.491 e. The van der Waals surface area contributed by atoms with Gasteiger partial charge < -0.3 is 25.0 Å². The van der Waals surface area contributed by atoms with Crippen LogP contribution >= 0.6 is 0 Å². The summed E-state index contributed by atoms with van der Waals surface area (Å²) >= 11 is 0. The molecule has 0 aliphatic carbocycles. The number of amides is 1. The number of rotatable bonds is 13. The van der Waals surface area contributed by atoms with Gasteiger partial charge in [0.15, 0.2) is 0 Å². The van der Waals surface area contributed by atoms with Crippen LogP contribution in [0.4, 0.5) is 21.5 Å². The Morgan fingerprint density at radius 2 is 2.00 bits per heavy atom. The van der Waals surface area contributed by atoms with Crippen molar-refractivity contribution in [2.24, 2.45) is 4.99 Å². The second-order valence-corrected chi connectivity index (χ2v) is 8.71. The Bertz CT molecular complexity index is 1280. The van der Waals surface area contributed by atoms with Crippen LogP contribution in [0.3, 0.4) is 0 Å². The molecular formula is C26H31FN8O3. The average molecular weight is 523 g/mol. The third-order valence-electron chi connectivity index (χ3n) is 5.26. The van der Waals surface area contributed by atoms with Crippen LogP contribution in [0.2, 0.25) is 0 Å². The summed E-state index contributed by atoms with van der Waals surface area (Å²) in [4.78, 5) is 18.3. The molecule has 0 aliphatic heterocycles. The summed E-state index contributed by atoms with van der Waals surface area (Å²) in [5, 5.41) is 23.4. The summed E-state index contributed by atoms with van der Waals surface area (Å²) in [7, 11) is 3.32. The number of nitrogens with zero attached hydrogens (tertiary/aromatic N) is 6. The Balaban J connectivity index is 1.51. The standard InChI is InChI=1S/C26H31FN8O3/c1-18(2)25-14-35(33-32-25)15-26(36)31-20-7-5-19(6-8-20)29-16-34(3)17-30-24-12-21(38-10-9-37-4)11-23(27)22(24)13-28/h5-8,11-12,14,17-18,29H,9-10,15-16H2,1-4H3,(H,31,36)/b30-17+. The third kappa shape index (κ3) is 8.28. The van der Waals surface area contributed by atoms with Crippen molar-refractivity contribution in [1.82, 2.24) is 19.9 Å². The normalized spacial score (nSPS) is 11.0.